The largest absolute Gasteiger partial charge is 0.238 e. The van der Waals surface area contributed by atoms with Crippen LogP contribution in [0.2, 0.25) is 5.15 Å². The van der Waals surface area contributed by atoms with Crippen molar-refractivity contribution in [3.8, 4) is 0 Å². The molecule has 0 amide bonds. The van der Waals surface area contributed by atoms with E-state index in [0.29, 0.717) is 5.15 Å². The fourth-order valence-corrected chi connectivity index (χ4v) is 1.54. The Morgan fingerprint density at radius 3 is 2.83 bits per heavy atom. The van der Waals surface area contributed by atoms with Gasteiger partial charge in [-0.1, -0.05) is 11.6 Å². The summed E-state index contributed by atoms with van der Waals surface area (Å²) in [5.74, 6) is 1.88. The van der Waals surface area contributed by atoms with Crippen LogP contribution < -0.4 is 0 Å². The van der Waals surface area contributed by atoms with Crippen molar-refractivity contribution in [1.29, 1.82) is 0 Å². The van der Waals surface area contributed by atoms with E-state index in [1.165, 1.54) is 0 Å². The minimum absolute atomic E-state index is 0.540. The number of aryl methyl sites for hydroxylation is 2. The molecule has 0 aliphatic rings. The van der Waals surface area contributed by atoms with Crippen LogP contribution >= 0.6 is 23.4 Å². The van der Waals surface area contributed by atoms with E-state index >= 15 is 0 Å². The second kappa shape index (κ2) is 4.67. The third-order valence-electron chi connectivity index (χ3n) is 1.40. The van der Waals surface area contributed by atoms with Crippen LogP contribution in [0.4, 0.5) is 0 Å². The summed E-state index contributed by atoms with van der Waals surface area (Å²) in [5.41, 5.74) is 0.936. The van der Waals surface area contributed by atoms with Gasteiger partial charge in [0.05, 0.1) is 0 Å². The Labute approximate surface area is 81.8 Å². The lowest BCUT2D eigenvalue weighted by molar-refractivity contribution is 0.925. The molecule has 4 heteroatoms. The molecule has 2 nitrogen and oxygen atoms in total. The maximum absolute atomic E-state index is 5.77. The zero-order valence-corrected chi connectivity index (χ0v) is 8.74. The van der Waals surface area contributed by atoms with Crippen LogP contribution in [-0.2, 0) is 6.42 Å². The van der Waals surface area contributed by atoms with Gasteiger partial charge < -0.3 is 0 Å². The van der Waals surface area contributed by atoms with Crippen molar-refractivity contribution in [2.24, 2.45) is 0 Å². The van der Waals surface area contributed by atoms with Gasteiger partial charge in [-0.15, -0.1) is 0 Å². The number of thioether (sulfide) groups is 1. The van der Waals surface area contributed by atoms with Crippen LogP contribution in [0.15, 0.2) is 6.07 Å². The molecule has 1 aromatic heterocycles. The van der Waals surface area contributed by atoms with E-state index in [9.17, 15) is 0 Å². The first-order chi connectivity index (χ1) is 5.72. The maximum Gasteiger partial charge on any atom is 0.133 e. The molecule has 0 aliphatic heterocycles. The molecule has 0 bridgehead atoms. The normalized spacial score (nSPS) is 10.2. The lowest BCUT2D eigenvalue weighted by atomic mass is 10.4. The average molecular weight is 203 g/mol. The van der Waals surface area contributed by atoms with Crippen LogP contribution in [0.3, 0.4) is 0 Å². The van der Waals surface area contributed by atoms with Crippen LogP contribution in [0.25, 0.3) is 0 Å². The smallest absolute Gasteiger partial charge is 0.133 e. The standard InChI is InChI=1S/C8H11ClN2S/c1-6-5-7(9)11-8(10-6)3-4-12-2/h5H,3-4H2,1-2H3. The molecule has 0 spiro atoms. The molecular formula is C8H11ClN2S. The first-order valence-electron chi connectivity index (χ1n) is 3.71. The van der Waals surface area contributed by atoms with Gasteiger partial charge in [0.1, 0.15) is 11.0 Å². The molecule has 0 atom stereocenters. The fourth-order valence-electron chi connectivity index (χ4n) is 0.894. The van der Waals surface area contributed by atoms with Crippen molar-refractivity contribution in [1.82, 2.24) is 9.97 Å². The summed E-state index contributed by atoms with van der Waals surface area (Å²) in [7, 11) is 0. The van der Waals surface area contributed by atoms with Gasteiger partial charge in [0.15, 0.2) is 0 Å². The van der Waals surface area contributed by atoms with Crippen molar-refractivity contribution in [3.05, 3.63) is 22.7 Å². The van der Waals surface area contributed by atoms with Gasteiger partial charge >= 0.3 is 0 Å². The highest BCUT2D eigenvalue weighted by atomic mass is 35.5. The Kier molecular flexibility index (Phi) is 3.82. The molecular weight excluding hydrogens is 192 g/mol. The minimum Gasteiger partial charge on any atom is -0.238 e. The molecule has 0 saturated heterocycles. The molecule has 0 fully saturated rings. The summed E-state index contributed by atoms with van der Waals surface area (Å²) in [6, 6.07) is 1.77. The predicted octanol–water partition coefficient (Wildman–Crippen LogP) is 2.34. The summed E-state index contributed by atoms with van der Waals surface area (Å²) in [6.07, 6.45) is 2.96. The van der Waals surface area contributed by atoms with Gasteiger partial charge in [-0.05, 0) is 19.2 Å². The Bertz CT molecular complexity index is 245. The molecule has 0 saturated carbocycles. The van der Waals surface area contributed by atoms with Crippen molar-refractivity contribution in [3.63, 3.8) is 0 Å². The zero-order chi connectivity index (χ0) is 8.97. The lowest BCUT2D eigenvalue weighted by Gasteiger charge is -1.99. The summed E-state index contributed by atoms with van der Waals surface area (Å²) >= 11 is 7.56. The number of hydrogen-bond acceptors (Lipinski definition) is 3. The Hall–Kier alpha value is -0.280. The topological polar surface area (TPSA) is 25.8 Å². The molecule has 0 aliphatic carbocycles. The van der Waals surface area contributed by atoms with Gasteiger partial charge in [-0.3, -0.25) is 0 Å². The van der Waals surface area contributed by atoms with Crippen LogP contribution in [-0.4, -0.2) is 22.0 Å². The highest BCUT2D eigenvalue weighted by molar-refractivity contribution is 7.98. The summed E-state index contributed by atoms with van der Waals surface area (Å²) in [6.45, 7) is 1.93. The fraction of sp³-hybridized carbons (Fsp3) is 0.500. The average Bonchev–Trinajstić information content (AvgIpc) is 1.99. The maximum atomic E-state index is 5.77. The van der Waals surface area contributed by atoms with Crippen molar-refractivity contribution >= 4 is 23.4 Å². The van der Waals surface area contributed by atoms with E-state index < -0.39 is 0 Å². The first-order valence-corrected chi connectivity index (χ1v) is 5.48. The molecule has 12 heavy (non-hydrogen) atoms. The van der Waals surface area contributed by atoms with Crippen LogP contribution in [0.5, 0.6) is 0 Å². The van der Waals surface area contributed by atoms with Gasteiger partial charge in [0, 0.05) is 17.9 Å². The molecule has 1 heterocycles. The number of hydrogen-bond donors (Lipinski definition) is 0. The lowest BCUT2D eigenvalue weighted by Crippen LogP contribution is -1.98. The second-order valence-electron chi connectivity index (χ2n) is 2.49. The summed E-state index contributed by atoms with van der Waals surface area (Å²) < 4.78 is 0. The number of aromatic nitrogens is 2. The highest BCUT2D eigenvalue weighted by Gasteiger charge is 1.99. The van der Waals surface area contributed by atoms with Gasteiger partial charge in [0.25, 0.3) is 0 Å². The first kappa shape index (κ1) is 9.81. The minimum atomic E-state index is 0.540. The Morgan fingerprint density at radius 2 is 2.25 bits per heavy atom. The van der Waals surface area contributed by atoms with Gasteiger partial charge in [-0.2, -0.15) is 11.8 Å². The Balaban J connectivity index is 2.72. The van der Waals surface area contributed by atoms with Crippen LogP contribution in [0.1, 0.15) is 11.5 Å². The van der Waals surface area contributed by atoms with E-state index in [4.69, 9.17) is 11.6 Å². The molecule has 0 unspecified atom stereocenters. The second-order valence-corrected chi connectivity index (χ2v) is 3.86. The van der Waals surface area contributed by atoms with Gasteiger partial charge in [0.2, 0.25) is 0 Å². The third-order valence-corrected chi connectivity index (χ3v) is 2.21. The monoisotopic (exact) mass is 202 g/mol. The summed E-state index contributed by atoms with van der Waals surface area (Å²) in [5, 5.41) is 0.540. The number of nitrogens with zero attached hydrogens (tertiary/aromatic N) is 2. The quantitative estimate of drug-likeness (QED) is 0.704. The van der Waals surface area contributed by atoms with E-state index in [1.54, 1.807) is 17.8 Å². The van der Waals surface area contributed by atoms with Crippen molar-refractivity contribution < 1.29 is 0 Å². The van der Waals surface area contributed by atoms with Crippen LogP contribution in [0, 0.1) is 6.92 Å². The zero-order valence-electron chi connectivity index (χ0n) is 7.17. The third kappa shape index (κ3) is 2.99. The van der Waals surface area contributed by atoms with Crippen molar-refractivity contribution in [2.45, 2.75) is 13.3 Å². The number of halogens is 1. The molecule has 66 valence electrons. The summed E-state index contributed by atoms with van der Waals surface area (Å²) in [4.78, 5) is 8.38. The SMILES string of the molecule is CSCCc1nc(C)cc(Cl)n1. The van der Waals surface area contributed by atoms with E-state index in [2.05, 4.69) is 16.2 Å². The Morgan fingerprint density at radius 1 is 1.50 bits per heavy atom. The molecule has 1 aromatic rings. The van der Waals surface area contributed by atoms with E-state index in [-0.39, 0.29) is 0 Å². The molecule has 1 rings (SSSR count). The predicted molar refractivity (Wildman–Crippen MR) is 53.9 cm³/mol. The molecule has 0 radical (unpaired) electrons. The molecule has 0 N–H and O–H groups in total. The van der Waals surface area contributed by atoms with Crippen molar-refractivity contribution in [2.75, 3.05) is 12.0 Å². The van der Waals surface area contributed by atoms with E-state index in [1.807, 2.05) is 6.92 Å². The highest BCUT2D eigenvalue weighted by Crippen LogP contribution is 2.07. The van der Waals surface area contributed by atoms with E-state index in [0.717, 1.165) is 23.7 Å². The molecule has 0 aromatic carbocycles. The van der Waals surface area contributed by atoms with Gasteiger partial charge in [-0.25, -0.2) is 9.97 Å². The number of rotatable bonds is 3.